The third-order valence-corrected chi connectivity index (χ3v) is 4.99. The number of thioether (sulfide) groups is 1. The quantitative estimate of drug-likeness (QED) is 0.717. The first-order valence-corrected chi connectivity index (χ1v) is 8.96. The Bertz CT molecular complexity index is 730. The van der Waals surface area contributed by atoms with Gasteiger partial charge in [0.05, 0.1) is 25.5 Å². The monoisotopic (exact) mass is 348 g/mol. The summed E-state index contributed by atoms with van der Waals surface area (Å²) < 4.78 is 10.7. The number of nitrogens with zero attached hydrogens (tertiary/aromatic N) is 2. The summed E-state index contributed by atoms with van der Waals surface area (Å²) in [6, 6.07) is 5.85. The maximum atomic E-state index is 12.2. The number of benzene rings is 1. The zero-order valence-electron chi connectivity index (χ0n) is 14.9. The summed E-state index contributed by atoms with van der Waals surface area (Å²) in [6.07, 6.45) is 0. The van der Waals surface area contributed by atoms with E-state index in [9.17, 15) is 4.79 Å². The molecule has 0 unspecified atom stereocenters. The van der Waals surface area contributed by atoms with E-state index >= 15 is 0 Å². The second-order valence-corrected chi connectivity index (χ2v) is 6.33. The number of hydrogen-bond acceptors (Lipinski definition) is 5. The first kappa shape index (κ1) is 18.4. The van der Waals surface area contributed by atoms with Gasteiger partial charge >= 0.3 is 0 Å². The Balaban J connectivity index is 2.28. The van der Waals surface area contributed by atoms with Crippen LogP contribution in [0.15, 0.2) is 23.2 Å². The standard InChI is InChI=1S/C18H24N2O3S/c1-6-20(7-2)17(21)11-24-18-12(3)8-13-9-15(22-4)16(23-5)10-14(13)19-18/h8-10H,6-7,11H2,1-5H3. The highest BCUT2D eigenvalue weighted by Gasteiger charge is 2.13. The van der Waals surface area contributed by atoms with E-state index in [-0.39, 0.29) is 5.91 Å². The van der Waals surface area contributed by atoms with E-state index in [0.29, 0.717) is 17.3 Å². The highest BCUT2D eigenvalue weighted by molar-refractivity contribution is 7.99. The second-order valence-electron chi connectivity index (χ2n) is 5.37. The Morgan fingerprint density at radius 1 is 1.12 bits per heavy atom. The molecule has 0 radical (unpaired) electrons. The van der Waals surface area contributed by atoms with Crippen LogP contribution in [-0.2, 0) is 4.79 Å². The number of aryl methyl sites for hydroxylation is 1. The zero-order chi connectivity index (χ0) is 17.7. The summed E-state index contributed by atoms with van der Waals surface area (Å²) in [5.74, 6) is 1.87. The average Bonchev–Trinajstić information content (AvgIpc) is 2.59. The molecule has 24 heavy (non-hydrogen) atoms. The fourth-order valence-electron chi connectivity index (χ4n) is 2.53. The third-order valence-electron chi connectivity index (χ3n) is 3.91. The number of fused-ring (bicyclic) bond motifs is 1. The van der Waals surface area contributed by atoms with E-state index in [1.54, 1.807) is 14.2 Å². The lowest BCUT2D eigenvalue weighted by Gasteiger charge is -2.18. The van der Waals surface area contributed by atoms with E-state index in [0.717, 1.165) is 34.6 Å². The van der Waals surface area contributed by atoms with Crippen LogP contribution in [0, 0.1) is 6.92 Å². The van der Waals surface area contributed by atoms with Gasteiger partial charge in [-0.1, -0.05) is 11.8 Å². The topological polar surface area (TPSA) is 51.7 Å². The lowest BCUT2D eigenvalue weighted by atomic mass is 10.1. The first-order valence-electron chi connectivity index (χ1n) is 7.97. The predicted molar refractivity (Wildman–Crippen MR) is 98.2 cm³/mol. The summed E-state index contributed by atoms with van der Waals surface area (Å²) in [4.78, 5) is 18.7. The molecule has 1 heterocycles. The molecule has 2 aromatic rings. The molecule has 1 aromatic heterocycles. The van der Waals surface area contributed by atoms with Gasteiger partial charge in [0.1, 0.15) is 5.03 Å². The highest BCUT2D eigenvalue weighted by Crippen LogP contribution is 2.33. The van der Waals surface area contributed by atoms with Crippen LogP contribution in [0.1, 0.15) is 19.4 Å². The summed E-state index contributed by atoms with van der Waals surface area (Å²) in [7, 11) is 3.23. The maximum absolute atomic E-state index is 12.2. The van der Waals surface area contributed by atoms with Crippen LogP contribution in [0.25, 0.3) is 10.9 Å². The van der Waals surface area contributed by atoms with Crippen molar-refractivity contribution in [1.29, 1.82) is 0 Å². The van der Waals surface area contributed by atoms with Gasteiger partial charge in [0, 0.05) is 24.5 Å². The average molecular weight is 348 g/mol. The predicted octanol–water partition coefficient (Wildman–Crippen LogP) is 3.52. The van der Waals surface area contributed by atoms with Crippen molar-refractivity contribution >= 4 is 28.6 Å². The number of carbonyl (C=O) groups excluding carboxylic acids is 1. The minimum absolute atomic E-state index is 0.138. The fourth-order valence-corrected chi connectivity index (χ4v) is 3.43. The van der Waals surface area contributed by atoms with E-state index in [2.05, 4.69) is 6.07 Å². The number of rotatable bonds is 7. The molecule has 1 aromatic carbocycles. The second kappa shape index (κ2) is 8.24. The van der Waals surface area contributed by atoms with Crippen molar-refractivity contribution in [1.82, 2.24) is 9.88 Å². The van der Waals surface area contributed by atoms with E-state index < -0.39 is 0 Å². The summed E-state index contributed by atoms with van der Waals surface area (Å²) >= 11 is 1.48. The van der Waals surface area contributed by atoms with Crippen molar-refractivity contribution in [2.45, 2.75) is 25.8 Å². The molecule has 6 heteroatoms. The van der Waals surface area contributed by atoms with Gasteiger partial charge in [-0.3, -0.25) is 4.79 Å². The molecule has 0 bridgehead atoms. The number of amides is 1. The van der Waals surface area contributed by atoms with Gasteiger partial charge in [0.15, 0.2) is 11.5 Å². The van der Waals surface area contributed by atoms with Gasteiger partial charge in [0.2, 0.25) is 5.91 Å². The SMILES string of the molecule is CCN(CC)C(=O)CSc1nc2cc(OC)c(OC)cc2cc1C. The molecular formula is C18H24N2O3S. The zero-order valence-corrected chi connectivity index (χ0v) is 15.7. The van der Waals surface area contributed by atoms with Gasteiger partial charge < -0.3 is 14.4 Å². The van der Waals surface area contributed by atoms with Crippen LogP contribution in [0.2, 0.25) is 0 Å². The smallest absolute Gasteiger partial charge is 0.232 e. The van der Waals surface area contributed by atoms with Gasteiger partial charge in [-0.2, -0.15) is 0 Å². The van der Waals surface area contributed by atoms with Crippen LogP contribution < -0.4 is 9.47 Å². The van der Waals surface area contributed by atoms with Gasteiger partial charge in [-0.15, -0.1) is 0 Å². The van der Waals surface area contributed by atoms with Gasteiger partial charge in [0.25, 0.3) is 0 Å². The Labute approximate surface area is 147 Å². The van der Waals surface area contributed by atoms with Crippen LogP contribution in [-0.4, -0.2) is 48.9 Å². The first-order chi connectivity index (χ1) is 11.5. The van der Waals surface area contributed by atoms with Crippen molar-refractivity contribution in [2.75, 3.05) is 33.1 Å². The highest BCUT2D eigenvalue weighted by atomic mass is 32.2. The number of ether oxygens (including phenoxy) is 2. The van der Waals surface area contributed by atoms with Crippen molar-refractivity contribution in [3.63, 3.8) is 0 Å². The Morgan fingerprint density at radius 3 is 2.33 bits per heavy atom. The van der Waals surface area contributed by atoms with Crippen molar-refractivity contribution in [3.05, 3.63) is 23.8 Å². The molecule has 5 nitrogen and oxygen atoms in total. The van der Waals surface area contributed by atoms with Crippen molar-refractivity contribution < 1.29 is 14.3 Å². The maximum Gasteiger partial charge on any atom is 0.232 e. The normalized spacial score (nSPS) is 10.7. The molecule has 1 amide bonds. The molecule has 0 atom stereocenters. The molecule has 0 aliphatic heterocycles. The van der Waals surface area contributed by atoms with Gasteiger partial charge in [-0.25, -0.2) is 4.98 Å². The van der Waals surface area contributed by atoms with E-state index in [4.69, 9.17) is 14.5 Å². The fraction of sp³-hybridized carbons (Fsp3) is 0.444. The molecule has 0 aliphatic carbocycles. The summed E-state index contributed by atoms with van der Waals surface area (Å²) in [5, 5.41) is 1.86. The number of methoxy groups -OCH3 is 2. The number of hydrogen-bond donors (Lipinski definition) is 0. The lowest BCUT2D eigenvalue weighted by molar-refractivity contribution is -0.127. The Morgan fingerprint density at radius 2 is 1.75 bits per heavy atom. The van der Waals surface area contributed by atoms with Crippen LogP contribution >= 0.6 is 11.8 Å². The van der Waals surface area contributed by atoms with E-state index in [1.165, 1.54) is 11.8 Å². The molecule has 2 rings (SSSR count). The van der Waals surface area contributed by atoms with Crippen molar-refractivity contribution in [2.24, 2.45) is 0 Å². The summed E-state index contributed by atoms with van der Waals surface area (Å²) in [5.41, 5.74) is 1.88. The number of aromatic nitrogens is 1. The molecule has 0 fully saturated rings. The largest absolute Gasteiger partial charge is 0.493 e. The van der Waals surface area contributed by atoms with E-state index in [1.807, 2.05) is 37.8 Å². The van der Waals surface area contributed by atoms with Crippen LogP contribution in [0.3, 0.4) is 0 Å². The number of carbonyl (C=O) groups is 1. The molecule has 0 N–H and O–H groups in total. The third kappa shape index (κ3) is 3.93. The molecular weight excluding hydrogens is 324 g/mol. The van der Waals surface area contributed by atoms with Crippen LogP contribution in [0.5, 0.6) is 11.5 Å². The Kier molecular flexibility index (Phi) is 6.31. The molecule has 0 saturated heterocycles. The minimum Gasteiger partial charge on any atom is -0.493 e. The molecule has 0 spiro atoms. The van der Waals surface area contributed by atoms with Gasteiger partial charge in [-0.05, 0) is 38.5 Å². The molecule has 0 aliphatic rings. The summed E-state index contributed by atoms with van der Waals surface area (Å²) in [6.45, 7) is 7.46. The minimum atomic E-state index is 0.138. The lowest BCUT2D eigenvalue weighted by Crippen LogP contribution is -2.31. The Hall–Kier alpha value is -1.95. The number of pyridine rings is 1. The molecule has 0 saturated carbocycles. The van der Waals surface area contributed by atoms with Crippen molar-refractivity contribution in [3.8, 4) is 11.5 Å². The van der Waals surface area contributed by atoms with Crippen LogP contribution in [0.4, 0.5) is 0 Å². The molecule has 130 valence electrons.